The highest BCUT2D eigenvalue weighted by Crippen LogP contribution is 2.27. The van der Waals surface area contributed by atoms with Gasteiger partial charge in [0.1, 0.15) is 11.6 Å². The van der Waals surface area contributed by atoms with Crippen molar-refractivity contribution in [2.45, 2.75) is 52.6 Å². The van der Waals surface area contributed by atoms with Crippen LogP contribution in [0.3, 0.4) is 0 Å². The quantitative estimate of drug-likeness (QED) is 0.753. The smallest absolute Gasteiger partial charge is 0.128 e. The van der Waals surface area contributed by atoms with Crippen molar-refractivity contribution in [1.82, 2.24) is 0 Å². The van der Waals surface area contributed by atoms with Gasteiger partial charge in [-0.3, -0.25) is 0 Å². The van der Waals surface area contributed by atoms with Gasteiger partial charge in [-0.15, -0.1) is 0 Å². The van der Waals surface area contributed by atoms with Crippen LogP contribution < -0.4 is 4.74 Å². The maximum atomic E-state index is 13.3. The number of aliphatic hydroxyl groups excluding tert-OH is 1. The van der Waals surface area contributed by atoms with Crippen LogP contribution in [0, 0.1) is 11.7 Å². The van der Waals surface area contributed by atoms with Crippen LogP contribution in [0.2, 0.25) is 0 Å². The molecule has 1 N–H and O–H groups in total. The summed E-state index contributed by atoms with van der Waals surface area (Å²) < 4.78 is 19.0. The number of halogens is 1. The SMILES string of the molecule is CCCCC(CC)COc1cc(F)ccc1[C@H](C)O. The molecular formula is C16H25FO2. The maximum Gasteiger partial charge on any atom is 0.128 e. The van der Waals surface area contributed by atoms with Crippen LogP contribution in [0.5, 0.6) is 5.75 Å². The Labute approximate surface area is 115 Å². The van der Waals surface area contributed by atoms with Crippen LogP contribution in [-0.2, 0) is 0 Å². The van der Waals surface area contributed by atoms with Crippen molar-refractivity contribution in [3.05, 3.63) is 29.6 Å². The van der Waals surface area contributed by atoms with E-state index < -0.39 is 6.10 Å². The fourth-order valence-corrected chi connectivity index (χ4v) is 2.08. The van der Waals surface area contributed by atoms with Crippen molar-refractivity contribution in [3.8, 4) is 5.75 Å². The van der Waals surface area contributed by atoms with Crippen LogP contribution in [0.4, 0.5) is 4.39 Å². The Hall–Kier alpha value is -1.09. The lowest BCUT2D eigenvalue weighted by Crippen LogP contribution is -2.12. The molecule has 0 heterocycles. The second kappa shape index (κ2) is 8.16. The molecule has 3 heteroatoms. The summed E-state index contributed by atoms with van der Waals surface area (Å²) >= 11 is 0. The van der Waals surface area contributed by atoms with Gasteiger partial charge in [-0.2, -0.15) is 0 Å². The minimum Gasteiger partial charge on any atom is -0.493 e. The highest BCUT2D eigenvalue weighted by molar-refractivity contribution is 5.35. The zero-order chi connectivity index (χ0) is 14.3. The van der Waals surface area contributed by atoms with Crippen LogP contribution in [0.25, 0.3) is 0 Å². The first-order chi connectivity index (χ1) is 9.08. The van der Waals surface area contributed by atoms with Gasteiger partial charge in [0.25, 0.3) is 0 Å². The molecule has 0 saturated carbocycles. The predicted molar refractivity (Wildman–Crippen MR) is 75.8 cm³/mol. The number of unbranched alkanes of at least 4 members (excludes halogenated alkanes) is 1. The maximum absolute atomic E-state index is 13.3. The van der Waals surface area contributed by atoms with Crippen LogP contribution >= 0.6 is 0 Å². The summed E-state index contributed by atoms with van der Waals surface area (Å²) in [6, 6.07) is 4.29. The summed E-state index contributed by atoms with van der Waals surface area (Å²) in [4.78, 5) is 0. The standard InChI is InChI=1S/C16H25FO2/c1-4-6-7-13(5-2)11-19-16-10-14(17)8-9-15(16)12(3)18/h8-10,12-13,18H,4-7,11H2,1-3H3/t12-,13?/m0/s1. The lowest BCUT2D eigenvalue weighted by molar-refractivity contribution is 0.183. The molecule has 2 atom stereocenters. The van der Waals surface area contributed by atoms with E-state index in [0.29, 0.717) is 23.8 Å². The molecule has 1 aromatic carbocycles. The molecule has 0 amide bonds. The molecule has 0 spiro atoms. The second-order valence-electron chi connectivity index (χ2n) is 5.09. The third-order valence-corrected chi connectivity index (χ3v) is 3.44. The Bertz CT molecular complexity index is 377. The van der Waals surface area contributed by atoms with Crippen molar-refractivity contribution in [1.29, 1.82) is 0 Å². The highest BCUT2D eigenvalue weighted by Gasteiger charge is 2.13. The molecule has 0 fully saturated rings. The van der Waals surface area contributed by atoms with E-state index in [1.165, 1.54) is 25.0 Å². The first-order valence-corrected chi connectivity index (χ1v) is 7.18. The Morgan fingerprint density at radius 3 is 2.63 bits per heavy atom. The van der Waals surface area contributed by atoms with E-state index in [1.807, 2.05) is 0 Å². The number of rotatable bonds is 8. The van der Waals surface area contributed by atoms with E-state index in [0.717, 1.165) is 12.8 Å². The van der Waals surface area contributed by atoms with Gasteiger partial charge in [0, 0.05) is 11.6 Å². The zero-order valence-electron chi connectivity index (χ0n) is 12.2. The molecule has 2 nitrogen and oxygen atoms in total. The van der Waals surface area contributed by atoms with Gasteiger partial charge in [0.05, 0.1) is 12.7 Å². The van der Waals surface area contributed by atoms with Crippen molar-refractivity contribution < 1.29 is 14.2 Å². The molecule has 0 aliphatic rings. The lowest BCUT2D eigenvalue weighted by atomic mass is 10.0. The third-order valence-electron chi connectivity index (χ3n) is 3.44. The van der Waals surface area contributed by atoms with Crippen molar-refractivity contribution in [2.75, 3.05) is 6.61 Å². The zero-order valence-corrected chi connectivity index (χ0v) is 12.2. The molecule has 0 aromatic heterocycles. The molecule has 108 valence electrons. The minimum absolute atomic E-state index is 0.332. The summed E-state index contributed by atoms with van der Waals surface area (Å²) in [6.07, 6.45) is 3.90. The first-order valence-electron chi connectivity index (χ1n) is 7.18. The summed E-state index contributed by atoms with van der Waals surface area (Å²) in [5.41, 5.74) is 0.645. The molecule has 0 radical (unpaired) electrons. The van der Waals surface area contributed by atoms with E-state index in [4.69, 9.17) is 4.74 Å². The average Bonchev–Trinajstić information content (AvgIpc) is 2.38. The van der Waals surface area contributed by atoms with E-state index in [1.54, 1.807) is 13.0 Å². The second-order valence-corrected chi connectivity index (χ2v) is 5.09. The van der Waals surface area contributed by atoms with E-state index in [2.05, 4.69) is 13.8 Å². The molecule has 1 unspecified atom stereocenters. The van der Waals surface area contributed by atoms with E-state index in [9.17, 15) is 9.50 Å². The largest absolute Gasteiger partial charge is 0.493 e. The minimum atomic E-state index is -0.647. The van der Waals surface area contributed by atoms with Crippen LogP contribution in [0.1, 0.15) is 58.1 Å². The van der Waals surface area contributed by atoms with Crippen molar-refractivity contribution in [3.63, 3.8) is 0 Å². The molecule has 19 heavy (non-hydrogen) atoms. The van der Waals surface area contributed by atoms with E-state index >= 15 is 0 Å². The number of aliphatic hydroxyl groups is 1. The summed E-state index contributed by atoms with van der Waals surface area (Å²) in [5, 5.41) is 9.66. The molecule has 1 aromatic rings. The normalized spacial score (nSPS) is 14.2. The predicted octanol–water partition coefficient (Wildman–Crippen LogP) is 4.47. The monoisotopic (exact) mass is 268 g/mol. The molecule has 0 aliphatic carbocycles. The summed E-state index contributed by atoms with van der Waals surface area (Å²) in [7, 11) is 0. The topological polar surface area (TPSA) is 29.5 Å². The fourth-order valence-electron chi connectivity index (χ4n) is 2.08. The van der Waals surface area contributed by atoms with Crippen LogP contribution in [-0.4, -0.2) is 11.7 Å². The Balaban J connectivity index is 2.67. The molecule has 0 bridgehead atoms. The van der Waals surface area contributed by atoms with Crippen LogP contribution in [0.15, 0.2) is 18.2 Å². The lowest BCUT2D eigenvalue weighted by Gasteiger charge is -2.18. The molecule has 0 saturated heterocycles. The van der Waals surface area contributed by atoms with Gasteiger partial charge >= 0.3 is 0 Å². The number of hydrogen-bond acceptors (Lipinski definition) is 2. The van der Waals surface area contributed by atoms with Gasteiger partial charge in [0.2, 0.25) is 0 Å². The summed E-state index contributed by atoms with van der Waals surface area (Å²) in [6.45, 7) is 6.56. The van der Waals surface area contributed by atoms with Gasteiger partial charge in [-0.25, -0.2) is 4.39 Å². The van der Waals surface area contributed by atoms with Crippen molar-refractivity contribution >= 4 is 0 Å². The Morgan fingerprint density at radius 2 is 2.05 bits per heavy atom. The number of ether oxygens (including phenoxy) is 1. The molecule has 1 rings (SSSR count). The Kier molecular flexibility index (Phi) is 6.85. The Morgan fingerprint density at radius 1 is 1.32 bits per heavy atom. The fraction of sp³-hybridized carbons (Fsp3) is 0.625. The summed E-state index contributed by atoms with van der Waals surface area (Å²) in [5.74, 6) is 0.621. The van der Waals surface area contributed by atoms with Gasteiger partial charge in [-0.05, 0) is 31.4 Å². The van der Waals surface area contributed by atoms with Crippen molar-refractivity contribution in [2.24, 2.45) is 5.92 Å². The highest BCUT2D eigenvalue weighted by atomic mass is 19.1. The van der Waals surface area contributed by atoms with Gasteiger partial charge in [0.15, 0.2) is 0 Å². The molecule has 0 aliphatic heterocycles. The molecular weight excluding hydrogens is 243 g/mol. The number of hydrogen-bond donors (Lipinski definition) is 1. The first kappa shape index (κ1) is 16.0. The van der Waals surface area contributed by atoms with Gasteiger partial charge in [-0.1, -0.05) is 33.1 Å². The van der Waals surface area contributed by atoms with E-state index in [-0.39, 0.29) is 5.82 Å². The third kappa shape index (κ3) is 5.19. The van der Waals surface area contributed by atoms with Gasteiger partial charge < -0.3 is 9.84 Å². The average molecular weight is 268 g/mol. The number of benzene rings is 1.